The number of amides is 2. The van der Waals surface area contributed by atoms with Crippen molar-refractivity contribution in [2.75, 3.05) is 18.9 Å². The average molecular weight is 988 g/mol. The Balaban J connectivity index is 0.000000192. The second kappa shape index (κ2) is 19.0. The molecule has 69 heavy (non-hydrogen) atoms. The summed E-state index contributed by atoms with van der Waals surface area (Å²) < 4.78 is 12.0. The molecule has 2 aliphatic heterocycles. The van der Waals surface area contributed by atoms with Crippen molar-refractivity contribution in [3.05, 3.63) is 146 Å². The maximum absolute atomic E-state index is 13.6. The van der Waals surface area contributed by atoms with Crippen LogP contribution in [0.5, 0.6) is 23.5 Å². The Hall–Kier alpha value is -7.34. The molecule has 19 heteroatoms. The summed E-state index contributed by atoms with van der Waals surface area (Å²) in [5.74, 6) is -2.10. The molecule has 0 bridgehead atoms. The number of aryl methyl sites for hydroxylation is 1. The van der Waals surface area contributed by atoms with Gasteiger partial charge in [-0.05, 0) is 88.4 Å². The van der Waals surface area contributed by atoms with Crippen LogP contribution in [0.2, 0.25) is 10.3 Å². The predicted octanol–water partition coefficient (Wildman–Crippen LogP) is 10.8. The zero-order valence-corrected chi connectivity index (χ0v) is 40.6. The number of pyridine rings is 4. The number of benzene rings is 2. The van der Waals surface area contributed by atoms with E-state index in [1.54, 1.807) is 80.4 Å². The molecule has 0 saturated heterocycles. The van der Waals surface area contributed by atoms with Gasteiger partial charge in [-0.1, -0.05) is 84.8 Å². The van der Waals surface area contributed by atoms with Crippen molar-refractivity contribution in [2.24, 2.45) is 10.8 Å². The van der Waals surface area contributed by atoms with Crippen molar-refractivity contribution in [2.45, 2.75) is 53.4 Å². The van der Waals surface area contributed by atoms with Crippen LogP contribution in [0.25, 0.3) is 22.5 Å². The van der Waals surface area contributed by atoms with Crippen LogP contribution in [0, 0.1) is 17.8 Å². The highest BCUT2D eigenvalue weighted by Crippen LogP contribution is 2.53. The molecule has 5 aromatic heterocycles. The summed E-state index contributed by atoms with van der Waals surface area (Å²) in [6.45, 7) is 11.4. The maximum Gasteiger partial charge on any atom is 0.335 e. The van der Waals surface area contributed by atoms with Crippen LogP contribution < -0.4 is 14.8 Å². The molecule has 0 fully saturated rings. The van der Waals surface area contributed by atoms with Crippen molar-refractivity contribution < 1.29 is 38.9 Å². The van der Waals surface area contributed by atoms with Gasteiger partial charge in [-0.2, -0.15) is 0 Å². The van der Waals surface area contributed by atoms with E-state index in [0.29, 0.717) is 57.1 Å². The van der Waals surface area contributed by atoms with Crippen LogP contribution in [0.4, 0.5) is 5.13 Å². The molecule has 2 amide bonds. The lowest BCUT2D eigenvalue weighted by Crippen LogP contribution is -2.38. The minimum atomic E-state index is -1.16. The van der Waals surface area contributed by atoms with Gasteiger partial charge in [-0.3, -0.25) is 14.4 Å². The van der Waals surface area contributed by atoms with Crippen molar-refractivity contribution in [1.29, 1.82) is 0 Å². The monoisotopic (exact) mass is 986 g/mol. The fraction of sp³-hybridized carbons (Fsp3) is 0.240. The highest BCUT2D eigenvalue weighted by atomic mass is 35.5. The number of rotatable bonds is 10. The third-order valence-electron chi connectivity index (χ3n) is 12.1. The average Bonchev–Trinajstić information content (AvgIpc) is 3.75. The number of aromatic nitrogens is 6. The first-order valence-corrected chi connectivity index (χ1v) is 23.1. The van der Waals surface area contributed by atoms with Crippen LogP contribution in [-0.4, -0.2) is 82.6 Å². The highest BCUT2D eigenvalue weighted by molar-refractivity contribution is 7.15. The van der Waals surface area contributed by atoms with Crippen molar-refractivity contribution in [1.82, 2.24) is 35.0 Å². The lowest BCUT2D eigenvalue weighted by atomic mass is 9.70. The topological polar surface area (TPSA) is 220 Å². The van der Waals surface area contributed by atoms with E-state index in [0.717, 1.165) is 21.7 Å². The molecule has 9 rings (SSSR count). The number of aliphatic carboxylic acids is 1. The van der Waals surface area contributed by atoms with Crippen molar-refractivity contribution in [3.63, 3.8) is 0 Å². The van der Waals surface area contributed by atoms with Crippen LogP contribution in [0.1, 0.15) is 94.4 Å². The lowest BCUT2D eigenvalue weighted by molar-refractivity contribution is -0.147. The standard InChI is InChI=1S/C28H27ClN6O3S.C22H17ClN2O5/c1-6-35(5)25(36)17-9-7-16(8-10-17)20-13-11-18-22(19-12-14-21(29)31-24(19)38-23(18)30-20)28(3,4)26(37)32-27-34-33-15(2)39-27;1-22(2,21(28)29)17-13-7-9-15(11-3-5-12(6-4-11)20(26)27)24-18(13)30-19-14(17)8-10-16(23)25-19/h7-14,22H,6H2,1-5H3,(H,32,34,37);3-10,17H,1-2H3,(H,26,27)(H,28,29). The lowest BCUT2D eigenvalue weighted by Gasteiger charge is -2.37. The summed E-state index contributed by atoms with van der Waals surface area (Å²) in [5, 5.41) is 31.5. The largest absolute Gasteiger partial charge is 0.481 e. The van der Waals surface area contributed by atoms with Gasteiger partial charge in [-0.25, -0.2) is 24.7 Å². The number of carboxylic acid groups (broad SMARTS) is 2. The number of carbonyl (C=O) groups excluding carboxylic acids is 2. The quantitative estimate of drug-likeness (QED) is 0.109. The van der Waals surface area contributed by atoms with E-state index >= 15 is 0 Å². The molecule has 0 spiro atoms. The first-order valence-electron chi connectivity index (χ1n) is 21.5. The van der Waals surface area contributed by atoms with E-state index in [1.165, 1.54) is 23.5 Å². The Morgan fingerprint density at radius 2 is 1.07 bits per heavy atom. The van der Waals surface area contributed by atoms with E-state index in [1.807, 2.05) is 58.0 Å². The minimum Gasteiger partial charge on any atom is -0.481 e. The molecule has 2 aromatic carbocycles. The molecule has 3 N–H and O–H groups in total. The predicted molar refractivity (Wildman–Crippen MR) is 260 cm³/mol. The van der Waals surface area contributed by atoms with Gasteiger partial charge in [-0.15, -0.1) is 10.2 Å². The molecule has 2 unspecified atom stereocenters. The van der Waals surface area contributed by atoms with Gasteiger partial charge in [0.05, 0.1) is 27.8 Å². The number of nitrogens with one attached hydrogen (secondary N) is 1. The zero-order valence-electron chi connectivity index (χ0n) is 38.2. The number of hydrogen-bond donors (Lipinski definition) is 3. The molecular weight excluding hydrogens is 944 g/mol. The summed E-state index contributed by atoms with van der Waals surface area (Å²) >= 11 is 13.5. The molecule has 352 valence electrons. The van der Waals surface area contributed by atoms with Crippen LogP contribution in [-0.2, 0) is 9.59 Å². The van der Waals surface area contributed by atoms with Gasteiger partial charge in [0, 0.05) is 64.4 Å². The van der Waals surface area contributed by atoms with Gasteiger partial charge in [0.2, 0.25) is 34.6 Å². The zero-order chi connectivity index (χ0) is 49.5. The Kier molecular flexibility index (Phi) is 13.2. The number of carbonyl (C=O) groups is 4. The molecule has 0 radical (unpaired) electrons. The first kappa shape index (κ1) is 48.1. The number of anilines is 1. The SMILES string of the molecule is CC(C)(C(=O)O)C1c2ccc(Cl)nc2Oc2nc(-c3ccc(C(=O)O)cc3)ccc21.CCN(C)C(=O)c1ccc(-c2ccc3c(n2)Oc2nc(Cl)ccc2C3C(C)(C)C(=O)Nc2nnc(C)s2)cc1. The van der Waals surface area contributed by atoms with Crippen molar-refractivity contribution >= 4 is 63.4 Å². The van der Waals surface area contributed by atoms with E-state index in [-0.39, 0.29) is 39.4 Å². The van der Waals surface area contributed by atoms with Gasteiger partial charge in [0.25, 0.3) is 5.91 Å². The molecule has 2 atom stereocenters. The van der Waals surface area contributed by atoms with Crippen LogP contribution in [0.15, 0.2) is 97.1 Å². The molecule has 16 nitrogen and oxygen atoms in total. The summed E-state index contributed by atoms with van der Waals surface area (Å²) in [7, 11) is 1.77. The Morgan fingerprint density at radius 1 is 0.638 bits per heavy atom. The highest BCUT2D eigenvalue weighted by Gasteiger charge is 2.46. The van der Waals surface area contributed by atoms with Crippen LogP contribution >= 0.6 is 34.5 Å². The molecule has 0 saturated carbocycles. The van der Waals surface area contributed by atoms with Gasteiger partial charge >= 0.3 is 11.9 Å². The number of carboxylic acids is 2. The number of halogens is 2. The van der Waals surface area contributed by atoms with Gasteiger partial charge in [0.15, 0.2) is 0 Å². The molecule has 7 aromatic rings. The van der Waals surface area contributed by atoms with E-state index in [2.05, 4.69) is 30.5 Å². The Labute approximate surface area is 410 Å². The number of fused-ring (bicyclic) bond motifs is 4. The Bertz CT molecular complexity index is 3160. The number of aromatic carboxylic acids is 1. The smallest absolute Gasteiger partial charge is 0.335 e. The molecular formula is C50H44Cl2N8O8S. The summed E-state index contributed by atoms with van der Waals surface area (Å²) in [6.07, 6.45) is 0. The third kappa shape index (κ3) is 9.57. The van der Waals surface area contributed by atoms with E-state index in [4.69, 9.17) is 42.8 Å². The fourth-order valence-corrected chi connectivity index (χ4v) is 9.02. The second-order valence-corrected chi connectivity index (χ2v) is 19.4. The van der Waals surface area contributed by atoms with E-state index in [9.17, 15) is 24.3 Å². The third-order valence-corrected chi connectivity index (χ3v) is 13.3. The normalized spacial score (nSPS) is 14.5. The van der Waals surface area contributed by atoms with Crippen LogP contribution in [0.3, 0.4) is 0 Å². The molecule has 0 aliphatic carbocycles. The number of hydrogen-bond acceptors (Lipinski definition) is 13. The van der Waals surface area contributed by atoms with Gasteiger partial charge in [0.1, 0.15) is 15.3 Å². The summed E-state index contributed by atoms with van der Waals surface area (Å²) in [6, 6.07) is 27.8. The summed E-state index contributed by atoms with van der Waals surface area (Å²) in [5.41, 5.74) is 4.15. The second-order valence-electron chi connectivity index (χ2n) is 17.4. The number of nitrogens with zero attached hydrogens (tertiary/aromatic N) is 7. The minimum absolute atomic E-state index is 0.0441. The van der Waals surface area contributed by atoms with E-state index < -0.39 is 34.6 Å². The fourth-order valence-electron chi connectivity index (χ4n) is 8.15. The summed E-state index contributed by atoms with van der Waals surface area (Å²) in [4.78, 5) is 68.8. The van der Waals surface area contributed by atoms with Crippen molar-refractivity contribution in [3.8, 4) is 46.0 Å². The van der Waals surface area contributed by atoms with Gasteiger partial charge < -0.3 is 29.9 Å². The Morgan fingerprint density at radius 3 is 1.49 bits per heavy atom. The molecule has 7 heterocycles. The molecule has 2 aliphatic rings. The maximum atomic E-state index is 13.6. The first-order chi connectivity index (χ1) is 32.8. The number of ether oxygens (including phenoxy) is 2.